The number of para-hydroxylation sites is 1. The van der Waals surface area contributed by atoms with Crippen molar-refractivity contribution in [2.24, 2.45) is 11.3 Å². The van der Waals surface area contributed by atoms with Crippen molar-refractivity contribution in [3.05, 3.63) is 39.9 Å². The Hall–Kier alpha value is -1.95. The molecule has 1 atom stereocenters. The van der Waals surface area contributed by atoms with E-state index in [0.29, 0.717) is 31.6 Å². The molecule has 0 saturated carbocycles. The highest BCUT2D eigenvalue weighted by molar-refractivity contribution is 5.75. The Labute approximate surface area is 123 Å². The Morgan fingerprint density at radius 2 is 2.14 bits per heavy atom. The fourth-order valence-electron chi connectivity index (χ4n) is 3.01. The first-order valence-electron chi connectivity index (χ1n) is 7.05. The van der Waals surface area contributed by atoms with Crippen molar-refractivity contribution in [2.75, 3.05) is 13.1 Å². The number of nitro groups is 1. The molecule has 114 valence electrons. The highest BCUT2D eigenvalue weighted by atomic mass is 16.6. The molecule has 1 heterocycles. The Balaban J connectivity index is 2.17. The third kappa shape index (κ3) is 2.90. The minimum absolute atomic E-state index is 0.0331. The quantitative estimate of drug-likeness (QED) is 0.666. The SMILES string of the molecule is CC(C)C1(C(=O)O)CCN(Cc2ccccc2[N+](=O)[O-])C1. The number of likely N-dealkylation sites (tertiary alicyclic amines) is 1. The maximum absolute atomic E-state index is 11.6. The summed E-state index contributed by atoms with van der Waals surface area (Å²) in [6.07, 6.45) is 0.584. The summed E-state index contributed by atoms with van der Waals surface area (Å²) in [7, 11) is 0. The zero-order valence-electron chi connectivity index (χ0n) is 12.3. The largest absolute Gasteiger partial charge is 0.481 e. The van der Waals surface area contributed by atoms with Crippen LogP contribution < -0.4 is 0 Å². The van der Waals surface area contributed by atoms with Crippen LogP contribution in [0.1, 0.15) is 25.8 Å². The van der Waals surface area contributed by atoms with Gasteiger partial charge in [0, 0.05) is 24.7 Å². The van der Waals surface area contributed by atoms with Crippen molar-refractivity contribution in [3.8, 4) is 0 Å². The average Bonchev–Trinajstić information content (AvgIpc) is 2.84. The van der Waals surface area contributed by atoms with Crippen LogP contribution in [0.3, 0.4) is 0 Å². The van der Waals surface area contributed by atoms with Crippen LogP contribution in [0.5, 0.6) is 0 Å². The second-order valence-corrected chi connectivity index (χ2v) is 5.96. The van der Waals surface area contributed by atoms with Crippen LogP contribution in [0, 0.1) is 21.4 Å². The lowest BCUT2D eigenvalue weighted by Crippen LogP contribution is -2.39. The molecule has 0 aliphatic carbocycles. The number of nitrogens with zero attached hydrogens (tertiary/aromatic N) is 2. The number of carboxylic acids is 1. The van der Waals surface area contributed by atoms with Crippen LogP contribution in [0.2, 0.25) is 0 Å². The molecule has 6 nitrogen and oxygen atoms in total. The van der Waals surface area contributed by atoms with Gasteiger partial charge in [0.1, 0.15) is 0 Å². The Morgan fingerprint density at radius 1 is 1.48 bits per heavy atom. The molecule has 2 rings (SSSR count). The Bertz CT molecular complexity index is 558. The predicted molar refractivity (Wildman–Crippen MR) is 77.9 cm³/mol. The van der Waals surface area contributed by atoms with Gasteiger partial charge in [-0.1, -0.05) is 32.0 Å². The molecule has 1 aromatic rings. The minimum atomic E-state index is -0.775. The third-order valence-corrected chi connectivity index (χ3v) is 4.49. The zero-order valence-corrected chi connectivity index (χ0v) is 12.3. The molecule has 0 spiro atoms. The van der Waals surface area contributed by atoms with Gasteiger partial charge in [-0.2, -0.15) is 0 Å². The minimum Gasteiger partial charge on any atom is -0.481 e. The topological polar surface area (TPSA) is 83.7 Å². The smallest absolute Gasteiger partial charge is 0.311 e. The molecule has 0 radical (unpaired) electrons. The number of carboxylic acid groups (broad SMARTS) is 1. The van der Waals surface area contributed by atoms with Gasteiger partial charge < -0.3 is 5.11 Å². The fraction of sp³-hybridized carbons (Fsp3) is 0.533. The highest BCUT2D eigenvalue weighted by Crippen LogP contribution is 2.39. The average molecular weight is 292 g/mol. The van der Waals surface area contributed by atoms with E-state index in [1.165, 1.54) is 6.07 Å². The summed E-state index contributed by atoms with van der Waals surface area (Å²) in [6, 6.07) is 6.62. The zero-order chi connectivity index (χ0) is 15.6. The Morgan fingerprint density at radius 3 is 2.67 bits per heavy atom. The molecule has 0 bridgehead atoms. The van der Waals surface area contributed by atoms with Crippen LogP contribution in [0.15, 0.2) is 24.3 Å². The number of nitro benzene ring substituents is 1. The molecule has 21 heavy (non-hydrogen) atoms. The van der Waals surface area contributed by atoms with Gasteiger partial charge >= 0.3 is 5.97 Å². The van der Waals surface area contributed by atoms with E-state index in [1.807, 2.05) is 18.7 Å². The number of hydrogen-bond acceptors (Lipinski definition) is 4. The Kier molecular flexibility index (Phi) is 4.27. The van der Waals surface area contributed by atoms with E-state index in [0.717, 1.165) is 0 Å². The second kappa shape index (κ2) is 5.81. The van der Waals surface area contributed by atoms with Crippen molar-refractivity contribution < 1.29 is 14.8 Å². The molecule has 1 saturated heterocycles. The predicted octanol–water partition coefficient (Wildman–Crippen LogP) is 2.53. The van der Waals surface area contributed by atoms with Crippen LogP contribution in [-0.4, -0.2) is 34.0 Å². The van der Waals surface area contributed by atoms with Crippen LogP contribution in [0.4, 0.5) is 5.69 Å². The van der Waals surface area contributed by atoms with Crippen molar-refractivity contribution in [1.29, 1.82) is 0 Å². The van der Waals surface area contributed by atoms with Gasteiger partial charge in [-0.25, -0.2) is 0 Å². The highest BCUT2D eigenvalue weighted by Gasteiger charge is 2.47. The summed E-state index contributed by atoms with van der Waals surface area (Å²) in [5, 5.41) is 20.6. The van der Waals surface area contributed by atoms with Crippen molar-refractivity contribution >= 4 is 11.7 Å². The second-order valence-electron chi connectivity index (χ2n) is 5.96. The molecule has 1 fully saturated rings. The lowest BCUT2D eigenvalue weighted by atomic mass is 9.76. The van der Waals surface area contributed by atoms with Gasteiger partial charge in [0.15, 0.2) is 0 Å². The summed E-state index contributed by atoms with van der Waals surface area (Å²) in [6.45, 7) is 5.34. The van der Waals surface area contributed by atoms with E-state index in [4.69, 9.17) is 0 Å². The van der Waals surface area contributed by atoms with Crippen LogP contribution in [0.25, 0.3) is 0 Å². The number of rotatable bonds is 5. The monoisotopic (exact) mass is 292 g/mol. The molecule has 0 aromatic heterocycles. The first-order chi connectivity index (χ1) is 9.86. The number of benzene rings is 1. The van der Waals surface area contributed by atoms with E-state index >= 15 is 0 Å². The molecule has 1 unspecified atom stereocenters. The molecule has 1 aromatic carbocycles. The summed E-state index contributed by atoms with van der Waals surface area (Å²) < 4.78 is 0. The maximum Gasteiger partial charge on any atom is 0.311 e. The number of carbonyl (C=O) groups is 1. The lowest BCUT2D eigenvalue weighted by molar-refractivity contribution is -0.385. The molecule has 6 heteroatoms. The summed E-state index contributed by atoms with van der Waals surface area (Å²) in [4.78, 5) is 24.2. The van der Waals surface area contributed by atoms with Gasteiger partial charge in [0.05, 0.1) is 10.3 Å². The molecular formula is C15H20N2O4. The molecule has 1 aliphatic rings. The van der Waals surface area contributed by atoms with Gasteiger partial charge in [-0.3, -0.25) is 19.8 Å². The van der Waals surface area contributed by atoms with E-state index in [2.05, 4.69) is 0 Å². The fourth-order valence-corrected chi connectivity index (χ4v) is 3.01. The van der Waals surface area contributed by atoms with Gasteiger partial charge in [-0.15, -0.1) is 0 Å². The lowest BCUT2D eigenvalue weighted by Gasteiger charge is -2.28. The summed E-state index contributed by atoms with van der Waals surface area (Å²) in [5.74, 6) is -0.742. The summed E-state index contributed by atoms with van der Waals surface area (Å²) in [5.41, 5.74) is -0.0221. The molecule has 1 N–H and O–H groups in total. The molecule has 1 aliphatic heterocycles. The van der Waals surface area contributed by atoms with Crippen molar-refractivity contribution in [1.82, 2.24) is 4.90 Å². The van der Waals surface area contributed by atoms with Gasteiger partial charge in [-0.05, 0) is 18.9 Å². The van der Waals surface area contributed by atoms with Crippen LogP contribution >= 0.6 is 0 Å². The first-order valence-corrected chi connectivity index (χ1v) is 7.05. The standard InChI is InChI=1S/C15H20N2O4/c1-11(2)15(14(18)19)7-8-16(10-15)9-12-5-3-4-6-13(12)17(20)21/h3-6,11H,7-10H2,1-2H3,(H,18,19). The van der Waals surface area contributed by atoms with Crippen molar-refractivity contribution in [3.63, 3.8) is 0 Å². The number of aliphatic carboxylic acids is 1. The van der Waals surface area contributed by atoms with Gasteiger partial charge in [0.25, 0.3) is 5.69 Å². The maximum atomic E-state index is 11.6. The van der Waals surface area contributed by atoms with E-state index in [9.17, 15) is 20.0 Å². The van der Waals surface area contributed by atoms with E-state index in [1.54, 1.807) is 18.2 Å². The number of hydrogen-bond donors (Lipinski definition) is 1. The van der Waals surface area contributed by atoms with Gasteiger partial charge in [0.2, 0.25) is 0 Å². The normalized spacial score (nSPS) is 22.6. The first kappa shape index (κ1) is 15.4. The van der Waals surface area contributed by atoms with E-state index in [-0.39, 0.29) is 11.6 Å². The molecule has 0 amide bonds. The summed E-state index contributed by atoms with van der Waals surface area (Å²) >= 11 is 0. The molecular weight excluding hydrogens is 272 g/mol. The van der Waals surface area contributed by atoms with Crippen LogP contribution in [-0.2, 0) is 11.3 Å². The van der Waals surface area contributed by atoms with Crippen molar-refractivity contribution in [2.45, 2.75) is 26.8 Å². The van der Waals surface area contributed by atoms with E-state index < -0.39 is 16.3 Å². The third-order valence-electron chi connectivity index (χ3n) is 4.49.